The van der Waals surface area contributed by atoms with Crippen molar-refractivity contribution in [3.8, 4) is 5.75 Å². The second-order valence-electron chi connectivity index (χ2n) is 9.85. The number of likely N-dealkylation sites (N-methyl/N-ethyl adjacent to an activating group) is 1. The summed E-state index contributed by atoms with van der Waals surface area (Å²) >= 11 is 0. The Balaban J connectivity index is 1.78. The van der Waals surface area contributed by atoms with Gasteiger partial charge in [-0.25, -0.2) is 0 Å². The first-order valence-electron chi connectivity index (χ1n) is 12.6. The molecule has 0 aromatic heterocycles. The van der Waals surface area contributed by atoms with Crippen LogP contribution in [0.15, 0.2) is 24.3 Å². The molecule has 3 rings (SSSR count). The second kappa shape index (κ2) is 12.4. The number of nitrogens with one attached hydrogen (secondary N) is 2. The molecule has 0 bridgehead atoms. The van der Waals surface area contributed by atoms with Crippen LogP contribution in [-0.4, -0.2) is 66.6 Å². The van der Waals surface area contributed by atoms with Gasteiger partial charge in [0.05, 0.1) is 13.2 Å². The molecular weight excluding hydrogens is 448 g/mol. The lowest BCUT2D eigenvalue weighted by molar-refractivity contribution is -0.140. The Morgan fingerprint density at radius 3 is 2.49 bits per heavy atom. The quantitative estimate of drug-likeness (QED) is 0.416. The van der Waals surface area contributed by atoms with Gasteiger partial charge in [-0.3, -0.25) is 14.4 Å². The van der Waals surface area contributed by atoms with Crippen LogP contribution in [0.25, 0.3) is 0 Å². The van der Waals surface area contributed by atoms with Crippen LogP contribution in [-0.2, 0) is 14.4 Å². The third kappa shape index (κ3) is 6.52. The Morgan fingerprint density at radius 2 is 1.86 bits per heavy atom. The van der Waals surface area contributed by atoms with Gasteiger partial charge in [-0.1, -0.05) is 50.3 Å². The van der Waals surface area contributed by atoms with E-state index in [2.05, 4.69) is 10.6 Å². The third-order valence-electron chi connectivity index (χ3n) is 7.51. The molecule has 5 atom stereocenters. The lowest BCUT2D eigenvalue weighted by atomic mass is 9.79. The molecular formula is C26H40N4O5. The zero-order valence-corrected chi connectivity index (χ0v) is 21.0. The zero-order chi connectivity index (χ0) is 25.5. The Bertz CT molecular complexity index is 886. The molecule has 2 aliphatic rings. The number of aliphatic hydroxyl groups excluding tert-OH is 1. The number of ether oxygens (including phenoxy) is 1. The van der Waals surface area contributed by atoms with Gasteiger partial charge in [-0.15, -0.1) is 0 Å². The first-order valence-corrected chi connectivity index (χ1v) is 12.6. The van der Waals surface area contributed by atoms with Gasteiger partial charge < -0.3 is 31.1 Å². The van der Waals surface area contributed by atoms with E-state index in [1.807, 2.05) is 18.2 Å². The van der Waals surface area contributed by atoms with E-state index in [0.717, 1.165) is 18.4 Å². The van der Waals surface area contributed by atoms with Gasteiger partial charge in [0.1, 0.15) is 17.8 Å². The molecule has 1 saturated heterocycles. The van der Waals surface area contributed by atoms with Gasteiger partial charge in [-0.2, -0.15) is 0 Å². The number of carbonyl (C=O) groups is 3. The van der Waals surface area contributed by atoms with E-state index in [-0.39, 0.29) is 18.2 Å². The van der Waals surface area contributed by atoms with Crippen molar-refractivity contribution in [2.45, 2.75) is 76.1 Å². The molecule has 9 nitrogen and oxygen atoms in total. The van der Waals surface area contributed by atoms with E-state index in [9.17, 15) is 19.5 Å². The number of benzene rings is 1. The van der Waals surface area contributed by atoms with Crippen molar-refractivity contribution in [2.24, 2.45) is 17.6 Å². The van der Waals surface area contributed by atoms with Crippen molar-refractivity contribution < 1.29 is 24.2 Å². The highest BCUT2D eigenvalue weighted by Crippen LogP contribution is 2.38. The molecule has 35 heavy (non-hydrogen) atoms. The number of methoxy groups -OCH3 is 1. The highest BCUT2D eigenvalue weighted by molar-refractivity contribution is 5.92. The lowest BCUT2D eigenvalue weighted by Crippen LogP contribution is -2.56. The van der Waals surface area contributed by atoms with Crippen LogP contribution in [0.3, 0.4) is 0 Å². The number of rotatable bonds is 9. The number of carbonyl (C=O) groups excluding carboxylic acids is 3. The number of para-hydroxylation sites is 1. The number of nitrogens with two attached hydrogens (primary N) is 1. The van der Waals surface area contributed by atoms with Crippen molar-refractivity contribution in [2.75, 3.05) is 20.7 Å². The van der Waals surface area contributed by atoms with Crippen LogP contribution in [0.1, 0.15) is 63.5 Å². The number of hydrogen-bond donors (Lipinski definition) is 4. The molecule has 1 unspecified atom stereocenters. The van der Waals surface area contributed by atoms with Crippen molar-refractivity contribution >= 4 is 17.7 Å². The maximum atomic E-state index is 13.5. The molecule has 0 spiro atoms. The van der Waals surface area contributed by atoms with Crippen molar-refractivity contribution in [3.05, 3.63) is 29.8 Å². The van der Waals surface area contributed by atoms with E-state index in [1.165, 1.54) is 33.2 Å². The molecule has 1 aliphatic heterocycles. The minimum atomic E-state index is -1.09. The molecule has 2 fully saturated rings. The molecule has 194 valence electrons. The van der Waals surface area contributed by atoms with E-state index in [0.29, 0.717) is 24.6 Å². The van der Waals surface area contributed by atoms with Gasteiger partial charge >= 0.3 is 0 Å². The minimum Gasteiger partial charge on any atom is -0.496 e. The van der Waals surface area contributed by atoms with Crippen LogP contribution >= 0.6 is 0 Å². The normalized spacial score (nSPS) is 23.3. The van der Waals surface area contributed by atoms with Gasteiger partial charge in [0.25, 0.3) is 0 Å². The fourth-order valence-corrected chi connectivity index (χ4v) is 5.54. The SMILES string of the molecule is CNC(=O)[C@@H](NC(=O)[C@@H]1C[C@@H](C2CCCCC2)CN1C(=O)C[C@H](N)c1ccccc1OC)C(C)O. The summed E-state index contributed by atoms with van der Waals surface area (Å²) in [6.45, 7) is 1.95. The summed E-state index contributed by atoms with van der Waals surface area (Å²) in [5, 5.41) is 15.2. The van der Waals surface area contributed by atoms with Gasteiger partial charge in [-0.05, 0) is 31.2 Å². The standard InChI is InChI=1S/C26H40N4O5/c1-16(31)24(26(34)28-2)29-25(33)21-13-18(17-9-5-4-6-10-17)15-30(21)23(32)14-20(27)19-11-7-8-12-22(19)35-3/h7-8,11-12,16-18,20-21,24,31H,4-6,9-10,13-15,27H2,1-3H3,(H,28,34)(H,29,33)/t16?,18-,20+,21+,24+/m1/s1. The molecule has 1 aromatic carbocycles. The number of amides is 3. The first-order chi connectivity index (χ1) is 16.8. The fourth-order valence-electron chi connectivity index (χ4n) is 5.54. The second-order valence-corrected chi connectivity index (χ2v) is 9.85. The summed E-state index contributed by atoms with van der Waals surface area (Å²) in [6, 6.07) is 4.97. The van der Waals surface area contributed by atoms with Gasteiger partial charge in [0, 0.05) is 31.6 Å². The molecule has 0 radical (unpaired) electrons. The summed E-state index contributed by atoms with van der Waals surface area (Å²) in [7, 11) is 3.02. The van der Waals surface area contributed by atoms with Crippen LogP contribution in [0.4, 0.5) is 0 Å². The number of nitrogens with zero attached hydrogens (tertiary/aromatic N) is 1. The van der Waals surface area contributed by atoms with Crippen LogP contribution in [0.2, 0.25) is 0 Å². The van der Waals surface area contributed by atoms with Crippen LogP contribution in [0.5, 0.6) is 5.75 Å². The first kappa shape index (κ1) is 26.9. The Labute approximate surface area is 207 Å². The smallest absolute Gasteiger partial charge is 0.245 e. The fraction of sp³-hybridized carbons (Fsp3) is 0.654. The molecule has 1 heterocycles. The third-order valence-corrected chi connectivity index (χ3v) is 7.51. The Kier molecular flexibility index (Phi) is 9.51. The monoisotopic (exact) mass is 488 g/mol. The number of likely N-dealkylation sites (tertiary alicyclic amines) is 1. The lowest BCUT2D eigenvalue weighted by Gasteiger charge is -2.28. The van der Waals surface area contributed by atoms with Crippen molar-refractivity contribution in [1.29, 1.82) is 0 Å². The summed E-state index contributed by atoms with van der Waals surface area (Å²) in [5.41, 5.74) is 7.14. The average Bonchev–Trinajstić information content (AvgIpc) is 3.33. The average molecular weight is 489 g/mol. The Hall–Kier alpha value is -2.65. The van der Waals surface area contributed by atoms with E-state index in [4.69, 9.17) is 10.5 Å². The summed E-state index contributed by atoms with van der Waals surface area (Å²) in [6.07, 6.45) is 5.30. The largest absolute Gasteiger partial charge is 0.496 e. The van der Waals surface area contributed by atoms with E-state index < -0.39 is 36.0 Å². The van der Waals surface area contributed by atoms with Crippen molar-refractivity contribution in [1.82, 2.24) is 15.5 Å². The summed E-state index contributed by atoms with van der Waals surface area (Å²) in [5.74, 6) is 0.223. The number of hydrogen-bond acceptors (Lipinski definition) is 6. The maximum absolute atomic E-state index is 13.5. The molecule has 1 saturated carbocycles. The molecule has 1 aromatic rings. The van der Waals surface area contributed by atoms with Gasteiger partial charge in [0.2, 0.25) is 17.7 Å². The minimum absolute atomic E-state index is 0.0385. The molecule has 9 heteroatoms. The highest BCUT2D eigenvalue weighted by atomic mass is 16.5. The van der Waals surface area contributed by atoms with Crippen LogP contribution < -0.4 is 21.1 Å². The summed E-state index contributed by atoms with van der Waals surface area (Å²) in [4.78, 5) is 40.6. The summed E-state index contributed by atoms with van der Waals surface area (Å²) < 4.78 is 5.40. The molecule has 3 amide bonds. The van der Waals surface area contributed by atoms with E-state index in [1.54, 1.807) is 18.1 Å². The maximum Gasteiger partial charge on any atom is 0.245 e. The predicted molar refractivity (Wildman–Crippen MR) is 132 cm³/mol. The van der Waals surface area contributed by atoms with Crippen molar-refractivity contribution in [3.63, 3.8) is 0 Å². The zero-order valence-electron chi connectivity index (χ0n) is 21.0. The number of aliphatic hydroxyl groups is 1. The van der Waals surface area contributed by atoms with E-state index >= 15 is 0 Å². The Morgan fingerprint density at radius 1 is 1.17 bits per heavy atom. The molecule has 1 aliphatic carbocycles. The molecule has 5 N–H and O–H groups in total. The van der Waals surface area contributed by atoms with Gasteiger partial charge in [0.15, 0.2) is 0 Å². The highest BCUT2D eigenvalue weighted by Gasteiger charge is 2.43. The topological polar surface area (TPSA) is 134 Å². The van der Waals surface area contributed by atoms with Crippen LogP contribution in [0, 0.1) is 11.8 Å². The predicted octanol–water partition coefficient (Wildman–Crippen LogP) is 1.49.